The van der Waals surface area contributed by atoms with Gasteiger partial charge in [0.2, 0.25) is 0 Å². The van der Waals surface area contributed by atoms with E-state index >= 15 is 0 Å². The van der Waals surface area contributed by atoms with Gasteiger partial charge in [0.1, 0.15) is 12.3 Å². The standard InChI is InChI=1S/C24H18Cl2N4O4/c1-14(2)24(31)34-10-9-29-21-6-4-3-5-17(21)18-11-15(7-8-22(18)29)27-28-23-19(25)12-16(30(32)33)13-20(23)26/h3-8,11-13H,1,9-10H2,2H3. The topological polar surface area (TPSA) is 99.1 Å². The van der Waals surface area contributed by atoms with Gasteiger partial charge >= 0.3 is 5.97 Å². The van der Waals surface area contributed by atoms with E-state index in [0.29, 0.717) is 17.8 Å². The van der Waals surface area contributed by atoms with E-state index in [9.17, 15) is 14.9 Å². The average molecular weight is 497 g/mol. The van der Waals surface area contributed by atoms with Crippen LogP contribution < -0.4 is 0 Å². The summed E-state index contributed by atoms with van der Waals surface area (Å²) in [5.74, 6) is -0.424. The molecule has 3 aromatic carbocycles. The number of rotatable bonds is 7. The molecule has 10 heteroatoms. The fourth-order valence-corrected chi connectivity index (χ4v) is 4.11. The fraction of sp³-hybridized carbons (Fsp3) is 0.125. The van der Waals surface area contributed by atoms with Crippen molar-refractivity contribution in [3.63, 3.8) is 0 Å². The number of para-hydroxylation sites is 1. The molecule has 0 N–H and O–H groups in total. The zero-order valence-electron chi connectivity index (χ0n) is 18.0. The summed E-state index contributed by atoms with van der Waals surface area (Å²) >= 11 is 12.2. The van der Waals surface area contributed by atoms with Gasteiger partial charge in [-0.3, -0.25) is 10.1 Å². The number of aromatic nitrogens is 1. The highest BCUT2D eigenvalue weighted by molar-refractivity contribution is 6.39. The van der Waals surface area contributed by atoms with E-state index in [1.165, 1.54) is 12.1 Å². The predicted molar refractivity (Wildman–Crippen MR) is 133 cm³/mol. The van der Waals surface area contributed by atoms with Crippen molar-refractivity contribution in [1.82, 2.24) is 4.57 Å². The van der Waals surface area contributed by atoms with Crippen LogP contribution in [0.1, 0.15) is 6.92 Å². The van der Waals surface area contributed by atoms with Crippen LogP contribution in [0.25, 0.3) is 21.8 Å². The molecule has 34 heavy (non-hydrogen) atoms. The van der Waals surface area contributed by atoms with Crippen LogP contribution in [0.5, 0.6) is 0 Å². The van der Waals surface area contributed by atoms with Crippen LogP contribution in [0.2, 0.25) is 10.0 Å². The Kier molecular flexibility index (Phi) is 6.63. The van der Waals surface area contributed by atoms with Gasteiger partial charge in [-0.25, -0.2) is 4.79 Å². The van der Waals surface area contributed by atoms with Crippen molar-refractivity contribution in [2.45, 2.75) is 13.5 Å². The first-order valence-electron chi connectivity index (χ1n) is 10.1. The number of hydrogen-bond acceptors (Lipinski definition) is 6. The van der Waals surface area contributed by atoms with Gasteiger partial charge in [0.05, 0.1) is 27.2 Å². The van der Waals surface area contributed by atoms with Crippen molar-refractivity contribution >= 4 is 68.0 Å². The Morgan fingerprint density at radius 3 is 2.41 bits per heavy atom. The van der Waals surface area contributed by atoms with Crippen LogP contribution >= 0.6 is 23.2 Å². The van der Waals surface area contributed by atoms with E-state index in [1.807, 2.05) is 36.4 Å². The van der Waals surface area contributed by atoms with Gasteiger partial charge in [-0.15, -0.1) is 5.11 Å². The molecule has 0 amide bonds. The maximum Gasteiger partial charge on any atom is 0.333 e. The molecule has 0 aliphatic carbocycles. The normalized spacial score (nSPS) is 11.4. The van der Waals surface area contributed by atoms with E-state index in [1.54, 1.807) is 13.0 Å². The summed E-state index contributed by atoms with van der Waals surface area (Å²) in [6.45, 7) is 5.88. The molecule has 172 valence electrons. The number of ether oxygens (including phenoxy) is 1. The van der Waals surface area contributed by atoms with E-state index in [0.717, 1.165) is 21.8 Å². The van der Waals surface area contributed by atoms with Crippen molar-refractivity contribution in [3.8, 4) is 0 Å². The molecule has 8 nitrogen and oxygen atoms in total. The molecule has 0 aliphatic rings. The summed E-state index contributed by atoms with van der Waals surface area (Å²) in [7, 11) is 0. The third-order valence-electron chi connectivity index (χ3n) is 5.13. The number of non-ortho nitro benzene ring substituents is 1. The lowest BCUT2D eigenvalue weighted by atomic mass is 10.1. The molecule has 0 radical (unpaired) electrons. The molecule has 1 heterocycles. The Balaban J connectivity index is 1.68. The zero-order chi connectivity index (χ0) is 24.4. The number of fused-ring (bicyclic) bond motifs is 3. The summed E-state index contributed by atoms with van der Waals surface area (Å²) in [5.41, 5.74) is 2.75. The first kappa shape index (κ1) is 23.4. The van der Waals surface area contributed by atoms with Gasteiger partial charge in [0.15, 0.2) is 0 Å². The van der Waals surface area contributed by atoms with Crippen molar-refractivity contribution < 1.29 is 14.5 Å². The van der Waals surface area contributed by atoms with E-state index in [4.69, 9.17) is 27.9 Å². The number of hydrogen-bond donors (Lipinski definition) is 0. The number of carbonyl (C=O) groups is 1. The minimum absolute atomic E-state index is 0.0324. The van der Waals surface area contributed by atoms with Gasteiger partial charge in [-0.1, -0.05) is 48.0 Å². The third-order valence-corrected chi connectivity index (χ3v) is 5.71. The second-order valence-electron chi connectivity index (χ2n) is 7.50. The SMILES string of the molecule is C=C(C)C(=O)OCCn1c2ccccc2c2cc(N=Nc3c(Cl)cc([N+](=O)[O-])cc3Cl)ccc21. The minimum Gasteiger partial charge on any atom is -0.460 e. The Hall–Kier alpha value is -3.75. The number of nitrogens with zero attached hydrogens (tertiary/aromatic N) is 4. The van der Waals surface area contributed by atoms with Crippen molar-refractivity contribution in [1.29, 1.82) is 0 Å². The molecule has 0 saturated heterocycles. The molecule has 0 unspecified atom stereocenters. The van der Waals surface area contributed by atoms with Crippen LogP contribution in [-0.4, -0.2) is 22.1 Å². The first-order chi connectivity index (χ1) is 16.3. The number of benzene rings is 3. The van der Waals surface area contributed by atoms with Gasteiger partial charge in [-0.2, -0.15) is 5.11 Å². The second-order valence-corrected chi connectivity index (χ2v) is 8.32. The highest BCUT2D eigenvalue weighted by Crippen LogP contribution is 2.38. The summed E-state index contributed by atoms with van der Waals surface area (Å²) in [6, 6.07) is 15.8. The van der Waals surface area contributed by atoms with Gasteiger partial charge in [0, 0.05) is 39.5 Å². The number of nitro benzene ring substituents is 1. The van der Waals surface area contributed by atoms with Crippen LogP contribution in [0.4, 0.5) is 17.1 Å². The van der Waals surface area contributed by atoms with Crippen LogP contribution in [-0.2, 0) is 16.1 Å². The highest BCUT2D eigenvalue weighted by Gasteiger charge is 2.15. The Labute approximate surface area is 204 Å². The lowest BCUT2D eigenvalue weighted by molar-refractivity contribution is -0.384. The van der Waals surface area contributed by atoms with Crippen molar-refractivity contribution in [2.75, 3.05) is 6.61 Å². The van der Waals surface area contributed by atoms with Gasteiger partial charge < -0.3 is 9.30 Å². The number of carbonyl (C=O) groups excluding carboxylic acids is 1. The molecule has 0 fully saturated rings. The smallest absolute Gasteiger partial charge is 0.333 e. The second kappa shape index (κ2) is 9.62. The fourth-order valence-electron chi connectivity index (χ4n) is 3.56. The van der Waals surface area contributed by atoms with Crippen LogP contribution in [0, 0.1) is 10.1 Å². The third kappa shape index (κ3) is 4.64. The summed E-state index contributed by atoms with van der Waals surface area (Å²) in [6.07, 6.45) is 0. The number of azo groups is 1. The minimum atomic E-state index is -0.581. The van der Waals surface area contributed by atoms with E-state index < -0.39 is 10.9 Å². The summed E-state index contributed by atoms with van der Waals surface area (Å²) in [4.78, 5) is 22.1. The molecule has 0 bridgehead atoms. The molecule has 0 aliphatic heterocycles. The summed E-state index contributed by atoms with van der Waals surface area (Å²) in [5, 5.41) is 21.3. The largest absolute Gasteiger partial charge is 0.460 e. The molecule has 0 saturated carbocycles. The quantitative estimate of drug-likeness (QED) is 0.0866. The van der Waals surface area contributed by atoms with E-state index in [-0.39, 0.29) is 28.0 Å². The lowest BCUT2D eigenvalue weighted by Crippen LogP contribution is -2.11. The predicted octanol–water partition coefficient (Wildman–Crippen LogP) is 7.54. The molecular weight excluding hydrogens is 479 g/mol. The summed E-state index contributed by atoms with van der Waals surface area (Å²) < 4.78 is 7.34. The lowest BCUT2D eigenvalue weighted by Gasteiger charge is -2.08. The average Bonchev–Trinajstić information content (AvgIpc) is 3.11. The van der Waals surface area contributed by atoms with Crippen molar-refractivity contribution in [3.05, 3.63) is 86.9 Å². The Bertz CT molecular complexity index is 1470. The van der Waals surface area contributed by atoms with Gasteiger partial charge in [-0.05, 0) is 31.2 Å². The van der Waals surface area contributed by atoms with Crippen LogP contribution in [0.15, 0.2) is 77.0 Å². The van der Waals surface area contributed by atoms with Gasteiger partial charge in [0.25, 0.3) is 5.69 Å². The Morgan fingerprint density at radius 2 is 1.74 bits per heavy atom. The number of halogens is 2. The molecule has 4 aromatic rings. The maximum absolute atomic E-state index is 11.7. The molecule has 0 atom stereocenters. The molecule has 0 spiro atoms. The molecular formula is C24H18Cl2N4O4. The molecule has 1 aromatic heterocycles. The maximum atomic E-state index is 11.7. The number of nitro groups is 1. The Morgan fingerprint density at radius 1 is 1.06 bits per heavy atom. The van der Waals surface area contributed by atoms with Crippen molar-refractivity contribution in [2.24, 2.45) is 10.2 Å². The first-order valence-corrected chi connectivity index (χ1v) is 10.9. The monoisotopic (exact) mass is 496 g/mol. The van der Waals surface area contributed by atoms with E-state index in [2.05, 4.69) is 21.4 Å². The zero-order valence-corrected chi connectivity index (χ0v) is 19.5. The van der Waals surface area contributed by atoms with Crippen LogP contribution in [0.3, 0.4) is 0 Å². The molecule has 4 rings (SSSR count). The highest BCUT2D eigenvalue weighted by atomic mass is 35.5. The number of esters is 1.